The van der Waals surface area contributed by atoms with Crippen molar-refractivity contribution in [3.63, 3.8) is 0 Å². The average Bonchev–Trinajstić information content (AvgIpc) is 2.47. The van der Waals surface area contributed by atoms with Gasteiger partial charge in [-0.2, -0.15) is 0 Å². The van der Waals surface area contributed by atoms with E-state index in [9.17, 15) is 4.79 Å². The van der Waals surface area contributed by atoms with Crippen molar-refractivity contribution in [2.75, 3.05) is 14.2 Å². The second kappa shape index (κ2) is 9.67. The second-order valence-corrected chi connectivity index (χ2v) is 5.81. The van der Waals surface area contributed by atoms with E-state index in [1.165, 1.54) is 19.3 Å². The Labute approximate surface area is 133 Å². The highest BCUT2D eigenvalue weighted by Crippen LogP contribution is 2.24. The van der Waals surface area contributed by atoms with E-state index >= 15 is 0 Å². The van der Waals surface area contributed by atoms with Crippen molar-refractivity contribution in [1.82, 2.24) is 4.90 Å². The molecule has 3 nitrogen and oxygen atoms in total. The quantitative estimate of drug-likeness (QED) is 0.620. The molecule has 0 atom stereocenters. The van der Waals surface area contributed by atoms with E-state index < -0.39 is 0 Å². The van der Waals surface area contributed by atoms with Crippen molar-refractivity contribution in [3.8, 4) is 5.75 Å². The summed E-state index contributed by atoms with van der Waals surface area (Å²) in [6, 6.07) is 5.48. The van der Waals surface area contributed by atoms with Crippen molar-refractivity contribution in [2.24, 2.45) is 0 Å². The van der Waals surface area contributed by atoms with Crippen LogP contribution >= 0.6 is 11.6 Å². The summed E-state index contributed by atoms with van der Waals surface area (Å²) in [7, 11) is 3.46. The number of nitrogens with zero attached hydrogens (tertiary/aromatic N) is 1. The molecule has 21 heavy (non-hydrogen) atoms. The minimum Gasteiger partial charge on any atom is -0.496 e. The van der Waals surface area contributed by atoms with Crippen LogP contribution in [0.3, 0.4) is 0 Å². The highest BCUT2D eigenvalue weighted by molar-refractivity contribution is 6.30. The Kier molecular flexibility index (Phi) is 8.21. The van der Waals surface area contributed by atoms with Gasteiger partial charge in [0.15, 0.2) is 0 Å². The van der Waals surface area contributed by atoms with Crippen LogP contribution in [0.5, 0.6) is 5.75 Å². The van der Waals surface area contributed by atoms with Gasteiger partial charge in [0.25, 0.3) is 0 Å². The fraction of sp³-hybridized carbons (Fsp3) is 0.588. The van der Waals surface area contributed by atoms with Crippen molar-refractivity contribution < 1.29 is 9.53 Å². The molecule has 1 rings (SSSR count). The molecule has 118 valence electrons. The summed E-state index contributed by atoms with van der Waals surface area (Å²) >= 11 is 6.01. The standard InChI is InChI=1S/C17H26ClNO2/c1-4-5-6-7-8-9-17(20)19(2)13-14-12-15(18)10-11-16(14)21-3/h10-12H,4-9,13H2,1-3H3. The smallest absolute Gasteiger partial charge is 0.222 e. The topological polar surface area (TPSA) is 29.5 Å². The Morgan fingerprint density at radius 1 is 1.24 bits per heavy atom. The molecule has 0 heterocycles. The molecule has 1 aromatic carbocycles. The molecular formula is C17H26ClNO2. The Morgan fingerprint density at radius 3 is 2.62 bits per heavy atom. The third-order valence-electron chi connectivity index (χ3n) is 3.57. The number of amides is 1. The molecule has 0 aliphatic rings. The maximum Gasteiger partial charge on any atom is 0.222 e. The Hall–Kier alpha value is -1.22. The largest absolute Gasteiger partial charge is 0.496 e. The normalized spacial score (nSPS) is 10.5. The number of carbonyl (C=O) groups is 1. The van der Waals surface area contributed by atoms with Crippen LogP contribution in [0.15, 0.2) is 18.2 Å². The minimum atomic E-state index is 0.175. The zero-order valence-corrected chi connectivity index (χ0v) is 14.1. The molecule has 0 saturated heterocycles. The minimum absolute atomic E-state index is 0.175. The van der Waals surface area contributed by atoms with Crippen molar-refractivity contribution in [2.45, 2.75) is 52.0 Å². The maximum absolute atomic E-state index is 12.1. The number of rotatable bonds is 9. The molecule has 0 unspecified atom stereocenters. The molecule has 0 radical (unpaired) electrons. The van der Waals surface area contributed by atoms with Crippen LogP contribution in [0, 0.1) is 0 Å². The lowest BCUT2D eigenvalue weighted by molar-refractivity contribution is -0.130. The molecule has 4 heteroatoms. The van der Waals surface area contributed by atoms with Gasteiger partial charge in [-0.3, -0.25) is 4.79 Å². The first-order valence-electron chi connectivity index (χ1n) is 7.64. The summed E-state index contributed by atoms with van der Waals surface area (Å²) in [4.78, 5) is 13.9. The first-order chi connectivity index (χ1) is 10.1. The van der Waals surface area contributed by atoms with E-state index in [1.807, 2.05) is 19.2 Å². The number of halogens is 1. The predicted molar refractivity (Wildman–Crippen MR) is 87.9 cm³/mol. The number of carbonyl (C=O) groups excluding carboxylic acids is 1. The van der Waals surface area contributed by atoms with E-state index in [4.69, 9.17) is 16.3 Å². The maximum atomic E-state index is 12.1. The van der Waals surface area contributed by atoms with Crippen LogP contribution in [-0.4, -0.2) is 25.0 Å². The van der Waals surface area contributed by atoms with Gasteiger partial charge in [-0.1, -0.05) is 44.2 Å². The van der Waals surface area contributed by atoms with E-state index in [1.54, 1.807) is 18.1 Å². The monoisotopic (exact) mass is 311 g/mol. The molecule has 0 bridgehead atoms. The number of hydrogen-bond donors (Lipinski definition) is 0. The molecule has 0 fully saturated rings. The van der Waals surface area contributed by atoms with Crippen molar-refractivity contribution in [1.29, 1.82) is 0 Å². The Bertz CT molecular complexity index is 448. The van der Waals surface area contributed by atoms with Gasteiger partial charge in [0.2, 0.25) is 5.91 Å². The van der Waals surface area contributed by atoms with Gasteiger partial charge in [0.1, 0.15) is 5.75 Å². The third kappa shape index (κ3) is 6.38. The van der Waals surface area contributed by atoms with Gasteiger partial charge >= 0.3 is 0 Å². The van der Waals surface area contributed by atoms with Crippen LogP contribution in [0.2, 0.25) is 5.02 Å². The summed E-state index contributed by atoms with van der Waals surface area (Å²) in [5, 5.41) is 0.659. The highest BCUT2D eigenvalue weighted by atomic mass is 35.5. The van der Waals surface area contributed by atoms with Gasteiger partial charge in [-0.15, -0.1) is 0 Å². The molecule has 0 N–H and O–H groups in total. The van der Waals surface area contributed by atoms with Gasteiger partial charge in [0.05, 0.1) is 7.11 Å². The number of benzene rings is 1. The molecule has 0 spiro atoms. The van der Waals surface area contributed by atoms with Crippen molar-refractivity contribution >= 4 is 17.5 Å². The van der Waals surface area contributed by atoms with E-state index in [2.05, 4.69) is 6.92 Å². The van der Waals surface area contributed by atoms with E-state index in [0.29, 0.717) is 18.0 Å². The SMILES string of the molecule is CCCCCCCC(=O)N(C)Cc1cc(Cl)ccc1OC. The Morgan fingerprint density at radius 2 is 1.95 bits per heavy atom. The number of hydrogen-bond acceptors (Lipinski definition) is 2. The van der Waals surface area contributed by atoms with Crippen LogP contribution in [-0.2, 0) is 11.3 Å². The van der Waals surface area contributed by atoms with Crippen LogP contribution < -0.4 is 4.74 Å². The zero-order chi connectivity index (χ0) is 15.7. The fourth-order valence-electron chi connectivity index (χ4n) is 2.29. The molecular weight excluding hydrogens is 286 g/mol. The average molecular weight is 312 g/mol. The molecule has 1 amide bonds. The predicted octanol–water partition coefficient (Wildman–Crippen LogP) is 4.67. The first kappa shape index (κ1) is 17.8. The summed E-state index contributed by atoms with van der Waals surface area (Å²) in [6.07, 6.45) is 6.41. The van der Waals surface area contributed by atoms with E-state index in [-0.39, 0.29) is 5.91 Å². The third-order valence-corrected chi connectivity index (χ3v) is 3.81. The van der Waals surface area contributed by atoms with Gasteiger partial charge in [0, 0.05) is 30.6 Å². The molecule has 0 aliphatic carbocycles. The summed E-state index contributed by atoms with van der Waals surface area (Å²) in [5.41, 5.74) is 0.937. The fourth-order valence-corrected chi connectivity index (χ4v) is 2.48. The molecule has 0 saturated carbocycles. The molecule has 1 aromatic rings. The number of ether oxygens (including phenoxy) is 1. The number of unbranched alkanes of at least 4 members (excludes halogenated alkanes) is 4. The highest BCUT2D eigenvalue weighted by Gasteiger charge is 2.12. The van der Waals surface area contributed by atoms with Crippen LogP contribution in [0.25, 0.3) is 0 Å². The Balaban J connectivity index is 2.46. The first-order valence-corrected chi connectivity index (χ1v) is 8.02. The van der Waals surface area contributed by atoms with Gasteiger partial charge in [-0.05, 0) is 24.6 Å². The summed E-state index contributed by atoms with van der Waals surface area (Å²) in [5.74, 6) is 0.940. The van der Waals surface area contributed by atoms with Gasteiger partial charge < -0.3 is 9.64 Å². The van der Waals surface area contributed by atoms with E-state index in [0.717, 1.165) is 24.2 Å². The van der Waals surface area contributed by atoms with Crippen LogP contribution in [0.1, 0.15) is 51.0 Å². The second-order valence-electron chi connectivity index (χ2n) is 5.37. The lowest BCUT2D eigenvalue weighted by Gasteiger charge is -2.19. The zero-order valence-electron chi connectivity index (χ0n) is 13.3. The lowest BCUT2D eigenvalue weighted by Crippen LogP contribution is -2.26. The lowest BCUT2D eigenvalue weighted by atomic mass is 10.1. The van der Waals surface area contributed by atoms with Crippen molar-refractivity contribution in [3.05, 3.63) is 28.8 Å². The summed E-state index contributed by atoms with van der Waals surface area (Å²) < 4.78 is 5.31. The van der Waals surface area contributed by atoms with Crippen LogP contribution in [0.4, 0.5) is 0 Å². The molecule has 0 aromatic heterocycles. The number of methoxy groups -OCH3 is 1. The summed E-state index contributed by atoms with van der Waals surface area (Å²) in [6.45, 7) is 2.72. The molecule has 0 aliphatic heterocycles. The van der Waals surface area contributed by atoms with Gasteiger partial charge in [-0.25, -0.2) is 0 Å².